The maximum absolute atomic E-state index is 9.17. The summed E-state index contributed by atoms with van der Waals surface area (Å²) < 4.78 is 12.3. The predicted molar refractivity (Wildman–Crippen MR) is 136 cm³/mol. The first-order valence-electron chi connectivity index (χ1n) is 11.5. The molecular formula is C29H26N2O2S. The first kappa shape index (κ1) is 22.3. The smallest absolute Gasteiger partial charge is 0.226 e. The number of nitriles is 1. The molecule has 0 radical (unpaired) electrons. The highest BCUT2D eigenvalue weighted by molar-refractivity contribution is 8.00. The van der Waals surface area contributed by atoms with E-state index in [1.165, 1.54) is 0 Å². The number of rotatable bonds is 7. The van der Waals surface area contributed by atoms with Crippen molar-refractivity contribution in [2.45, 2.75) is 28.9 Å². The minimum atomic E-state index is -0.717. The molecule has 2 heterocycles. The third-order valence-electron chi connectivity index (χ3n) is 6.44. The van der Waals surface area contributed by atoms with E-state index in [4.69, 9.17) is 14.9 Å². The zero-order chi connectivity index (χ0) is 23.4. The van der Waals surface area contributed by atoms with Crippen molar-refractivity contribution in [2.24, 2.45) is 0 Å². The normalized spacial score (nSPS) is 18.0. The van der Waals surface area contributed by atoms with E-state index in [0.717, 1.165) is 35.1 Å². The Morgan fingerprint density at radius 3 is 1.88 bits per heavy atom. The van der Waals surface area contributed by atoms with Crippen LogP contribution in [-0.4, -0.2) is 11.9 Å². The molecule has 0 bridgehead atoms. The lowest BCUT2D eigenvalue weighted by atomic mass is 9.80. The van der Waals surface area contributed by atoms with E-state index >= 15 is 0 Å². The molecule has 1 fully saturated rings. The van der Waals surface area contributed by atoms with E-state index in [0.29, 0.717) is 17.5 Å². The van der Waals surface area contributed by atoms with Crippen molar-refractivity contribution in [1.29, 1.82) is 5.26 Å². The maximum atomic E-state index is 9.17. The van der Waals surface area contributed by atoms with Gasteiger partial charge in [-0.1, -0.05) is 91.0 Å². The van der Waals surface area contributed by atoms with Crippen molar-refractivity contribution < 1.29 is 9.15 Å². The van der Waals surface area contributed by atoms with Gasteiger partial charge in [0.05, 0.1) is 18.6 Å². The van der Waals surface area contributed by atoms with Crippen LogP contribution in [0.4, 0.5) is 5.69 Å². The zero-order valence-corrected chi connectivity index (χ0v) is 19.6. The van der Waals surface area contributed by atoms with Crippen molar-refractivity contribution in [2.75, 3.05) is 12.3 Å². The third kappa shape index (κ3) is 4.11. The van der Waals surface area contributed by atoms with Crippen LogP contribution in [-0.2, 0) is 10.3 Å². The minimum Gasteiger partial charge on any atom is -0.451 e. The van der Waals surface area contributed by atoms with Crippen LogP contribution >= 0.6 is 11.8 Å². The average molecular weight is 467 g/mol. The van der Waals surface area contributed by atoms with Crippen LogP contribution < -0.4 is 5.73 Å². The second-order valence-corrected chi connectivity index (χ2v) is 9.97. The quantitative estimate of drug-likeness (QED) is 0.308. The number of nitrogens with zero attached hydrogens (tertiary/aromatic N) is 1. The highest BCUT2D eigenvalue weighted by Crippen LogP contribution is 2.49. The number of ether oxygens (including phenoxy) is 1. The summed E-state index contributed by atoms with van der Waals surface area (Å²) in [7, 11) is 0. The summed E-state index contributed by atoms with van der Waals surface area (Å²) in [5.41, 5.74) is 10.1. The molecule has 2 atom stereocenters. The van der Waals surface area contributed by atoms with E-state index in [1.807, 2.05) is 36.0 Å². The fourth-order valence-corrected chi connectivity index (χ4v) is 6.24. The van der Waals surface area contributed by atoms with Crippen LogP contribution in [0.5, 0.6) is 0 Å². The fraction of sp³-hybridized carbons (Fsp3) is 0.207. The van der Waals surface area contributed by atoms with Crippen LogP contribution in [0.2, 0.25) is 0 Å². The highest BCUT2D eigenvalue weighted by atomic mass is 32.2. The molecule has 1 aliphatic rings. The van der Waals surface area contributed by atoms with Crippen molar-refractivity contribution in [3.8, 4) is 6.07 Å². The predicted octanol–water partition coefficient (Wildman–Crippen LogP) is 6.68. The summed E-state index contributed by atoms with van der Waals surface area (Å²) in [5, 5.41) is 9.69. The lowest BCUT2D eigenvalue weighted by Crippen LogP contribution is -2.35. The monoisotopic (exact) mass is 466 g/mol. The van der Waals surface area contributed by atoms with Crippen LogP contribution in [0.25, 0.3) is 0 Å². The Bertz CT molecular complexity index is 1170. The molecule has 170 valence electrons. The fourth-order valence-electron chi connectivity index (χ4n) is 4.76. The van der Waals surface area contributed by atoms with E-state index in [2.05, 4.69) is 72.8 Å². The molecule has 4 aromatic rings. The van der Waals surface area contributed by atoms with Crippen LogP contribution in [0.1, 0.15) is 46.1 Å². The lowest BCUT2D eigenvalue weighted by Gasteiger charge is -2.36. The van der Waals surface area contributed by atoms with E-state index < -0.39 is 5.60 Å². The van der Waals surface area contributed by atoms with E-state index in [9.17, 15) is 5.26 Å². The number of hydrogen-bond acceptors (Lipinski definition) is 5. The topological polar surface area (TPSA) is 72.2 Å². The number of nitrogens with two attached hydrogens (primary N) is 1. The van der Waals surface area contributed by atoms with E-state index in [1.54, 1.807) is 6.26 Å². The molecule has 5 rings (SSSR count). The van der Waals surface area contributed by atoms with Crippen molar-refractivity contribution >= 4 is 17.4 Å². The highest BCUT2D eigenvalue weighted by Gasteiger charge is 2.39. The first-order valence-corrected chi connectivity index (χ1v) is 12.4. The Morgan fingerprint density at radius 1 is 0.882 bits per heavy atom. The zero-order valence-electron chi connectivity index (χ0n) is 18.8. The number of thioether (sulfide) groups is 1. The summed E-state index contributed by atoms with van der Waals surface area (Å²) in [6, 6.07) is 33.3. The van der Waals surface area contributed by atoms with Gasteiger partial charge in [0.15, 0.2) is 0 Å². The number of benzene rings is 3. The minimum absolute atomic E-state index is 0.201. The molecule has 0 saturated carbocycles. The van der Waals surface area contributed by atoms with Gasteiger partial charge in [0.1, 0.15) is 11.7 Å². The molecule has 2 unspecified atom stereocenters. The van der Waals surface area contributed by atoms with Gasteiger partial charge >= 0.3 is 0 Å². The SMILES string of the molecule is N#Cc1occ(C2CCC(COC(c3ccccc3)(c3ccccc3)c3ccccc3)S2)c1N. The molecule has 4 nitrogen and oxygen atoms in total. The summed E-state index contributed by atoms with van der Waals surface area (Å²) >= 11 is 1.85. The second-order valence-electron chi connectivity index (χ2n) is 8.46. The van der Waals surface area contributed by atoms with Crippen molar-refractivity contribution in [3.63, 3.8) is 0 Å². The summed E-state index contributed by atoms with van der Waals surface area (Å²) in [6.07, 6.45) is 3.62. The number of hydrogen-bond donors (Lipinski definition) is 1. The number of nitrogen functional groups attached to an aromatic ring is 1. The molecule has 3 aromatic carbocycles. The Hall–Kier alpha value is -3.46. The van der Waals surface area contributed by atoms with Crippen molar-refractivity contribution in [1.82, 2.24) is 0 Å². The van der Waals surface area contributed by atoms with Gasteiger partial charge in [-0.2, -0.15) is 5.26 Å². The van der Waals surface area contributed by atoms with Gasteiger partial charge in [-0.25, -0.2) is 0 Å². The Balaban J connectivity index is 1.46. The van der Waals surface area contributed by atoms with Gasteiger partial charge in [0.25, 0.3) is 0 Å². The molecule has 0 aliphatic carbocycles. The van der Waals surface area contributed by atoms with Gasteiger partial charge in [-0.05, 0) is 29.5 Å². The third-order valence-corrected chi connectivity index (χ3v) is 8.02. The Labute approximate surface area is 204 Å². The standard InChI is InChI=1S/C29H26N2O2S/c30-18-26-28(31)25(20-32-26)27-17-16-24(34-27)19-33-29(21-10-4-1-5-11-21,22-12-6-2-7-13-22)23-14-8-3-9-15-23/h1-15,20,24,27H,16-17,19,31H2. The molecule has 2 N–H and O–H groups in total. The van der Waals surface area contributed by atoms with Crippen LogP contribution in [0, 0.1) is 11.3 Å². The van der Waals surface area contributed by atoms with Crippen molar-refractivity contribution in [3.05, 3.63) is 125 Å². The molecule has 5 heteroatoms. The van der Waals surface area contributed by atoms with Gasteiger partial charge in [0.2, 0.25) is 5.76 Å². The largest absolute Gasteiger partial charge is 0.451 e. The van der Waals surface area contributed by atoms with Gasteiger partial charge < -0.3 is 14.9 Å². The molecule has 34 heavy (non-hydrogen) atoms. The van der Waals surface area contributed by atoms with Gasteiger partial charge in [-0.3, -0.25) is 0 Å². The molecule has 1 aliphatic heterocycles. The van der Waals surface area contributed by atoms with Crippen LogP contribution in [0.15, 0.2) is 102 Å². The Kier molecular flexibility index (Phi) is 6.44. The average Bonchev–Trinajstić information content (AvgIpc) is 3.52. The lowest BCUT2D eigenvalue weighted by molar-refractivity contribution is 0.0137. The molecular weight excluding hydrogens is 440 g/mol. The number of furan rings is 1. The second kappa shape index (κ2) is 9.80. The van der Waals surface area contributed by atoms with Gasteiger partial charge in [0, 0.05) is 16.1 Å². The molecule has 1 aromatic heterocycles. The maximum Gasteiger partial charge on any atom is 0.226 e. The summed E-state index contributed by atoms with van der Waals surface area (Å²) in [5.74, 6) is 0.201. The Morgan fingerprint density at radius 2 is 1.41 bits per heavy atom. The summed E-state index contributed by atoms with van der Waals surface area (Å²) in [4.78, 5) is 0. The van der Waals surface area contributed by atoms with E-state index in [-0.39, 0.29) is 11.0 Å². The van der Waals surface area contributed by atoms with Crippen LogP contribution in [0.3, 0.4) is 0 Å². The molecule has 0 amide bonds. The summed E-state index contributed by atoms with van der Waals surface area (Å²) in [6.45, 7) is 0.586. The molecule has 1 saturated heterocycles. The first-order chi connectivity index (χ1) is 16.7. The van der Waals surface area contributed by atoms with Gasteiger partial charge in [-0.15, -0.1) is 11.8 Å². The number of anilines is 1. The molecule has 0 spiro atoms.